The third-order valence-corrected chi connectivity index (χ3v) is 5.98. The number of nitrogens with zero attached hydrogens (tertiary/aromatic N) is 1. The number of hydrogen-bond donors (Lipinski definition) is 2. The monoisotopic (exact) mass is 498 g/mol. The first-order valence-corrected chi connectivity index (χ1v) is 11.5. The van der Waals surface area contributed by atoms with Crippen LogP contribution in [0, 0.1) is 5.82 Å². The van der Waals surface area contributed by atoms with Crippen molar-refractivity contribution in [3.8, 4) is 16.9 Å². The fourth-order valence-electron chi connectivity index (χ4n) is 3.84. The quantitative estimate of drug-likeness (QED) is 0.409. The van der Waals surface area contributed by atoms with E-state index in [1.54, 1.807) is 18.2 Å². The zero-order valence-corrected chi connectivity index (χ0v) is 19.5. The van der Waals surface area contributed by atoms with Gasteiger partial charge in [0.05, 0.1) is 10.7 Å². The highest BCUT2D eigenvalue weighted by atomic mass is 35.5. The van der Waals surface area contributed by atoms with Gasteiger partial charge in [-0.2, -0.15) is 0 Å². The van der Waals surface area contributed by atoms with E-state index in [1.807, 2.05) is 30.3 Å². The third-order valence-electron chi connectivity index (χ3n) is 5.68. The summed E-state index contributed by atoms with van der Waals surface area (Å²) in [5, 5.41) is 12.1. The first kappa shape index (κ1) is 24.3. The van der Waals surface area contributed by atoms with E-state index in [1.165, 1.54) is 23.1 Å². The second-order valence-corrected chi connectivity index (χ2v) is 8.52. The summed E-state index contributed by atoms with van der Waals surface area (Å²) in [7, 11) is 0. The number of ether oxygens (including phenoxy) is 2. The lowest BCUT2D eigenvalue weighted by atomic mass is 10.0. The molecular weight excluding hydrogens is 475 g/mol. The Kier molecular flexibility index (Phi) is 7.72. The van der Waals surface area contributed by atoms with Crippen LogP contribution in [0.5, 0.6) is 5.75 Å². The molecule has 0 bridgehead atoms. The molecule has 9 heteroatoms. The fourth-order valence-corrected chi connectivity index (χ4v) is 4.08. The van der Waals surface area contributed by atoms with Crippen LogP contribution in [0.25, 0.3) is 11.1 Å². The molecule has 0 saturated carbocycles. The van der Waals surface area contributed by atoms with E-state index in [0.717, 1.165) is 5.56 Å². The van der Waals surface area contributed by atoms with E-state index in [2.05, 4.69) is 5.32 Å². The number of carboxylic acid groups (broad SMARTS) is 1. The first-order chi connectivity index (χ1) is 16.9. The van der Waals surface area contributed by atoms with E-state index >= 15 is 0 Å². The first-order valence-electron chi connectivity index (χ1n) is 11.1. The summed E-state index contributed by atoms with van der Waals surface area (Å²) in [6, 6.07) is 18.7. The lowest BCUT2D eigenvalue weighted by Gasteiger charge is -2.29. The van der Waals surface area contributed by atoms with Gasteiger partial charge in [-0.25, -0.2) is 14.0 Å². The molecule has 2 amide bonds. The number of amides is 2. The summed E-state index contributed by atoms with van der Waals surface area (Å²) in [5.41, 5.74) is 2.37. The molecule has 4 rings (SSSR count). The molecule has 0 atom stereocenters. The Balaban J connectivity index is 1.44. The summed E-state index contributed by atoms with van der Waals surface area (Å²) >= 11 is 6.43. The number of carbonyl (C=O) groups is 2. The second kappa shape index (κ2) is 11.1. The van der Waals surface area contributed by atoms with Crippen LogP contribution < -0.4 is 10.1 Å². The summed E-state index contributed by atoms with van der Waals surface area (Å²) in [6.45, 7) is 0.947. The van der Waals surface area contributed by atoms with Crippen molar-refractivity contribution in [1.29, 1.82) is 0 Å². The second-order valence-electron chi connectivity index (χ2n) is 8.11. The number of hydrogen-bond acceptors (Lipinski definition) is 4. The van der Waals surface area contributed by atoms with Gasteiger partial charge in [-0.05, 0) is 41.5 Å². The highest BCUT2D eigenvalue weighted by molar-refractivity contribution is 6.32. The van der Waals surface area contributed by atoms with E-state index in [4.69, 9.17) is 26.2 Å². The van der Waals surface area contributed by atoms with Gasteiger partial charge in [0.2, 0.25) is 0 Å². The van der Waals surface area contributed by atoms with Crippen molar-refractivity contribution < 1.29 is 28.6 Å². The number of carbonyl (C=O) groups excluding carboxylic acids is 1. The van der Waals surface area contributed by atoms with Gasteiger partial charge in [-0.15, -0.1) is 0 Å². The summed E-state index contributed by atoms with van der Waals surface area (Å²) < 4.78 is 25.3. The van der Waals surface area contributed by atoms with Crippen LogP contribution in [0.15, 0.2) is 66.7 Å². The highest BCUT2D eigenvalue weighted by Gasteiger charge is 2.25. The average molecular weight is 499 g/mol. The number of benzene rings is 3. The van der Waals surface area contributed by atoms with Gasteiger partial charge in [-0.3, -0.25) is 5.32 Å². The molecule has 3 aromatic rings. The zero-order valence-electron chi connectivity index (χ0n) is 18.7. The van der Waals surface area contributed by atoms with Crippen LogP contribution in [-0.2, 0) is 11.3 Å². The zero-order chi connectivity index (χ0) is 24.8. The lowest BCUT2D eigenvalue weighted by Crippen LogP contribution is -2.41. The molecule has 182 valence electrons. The van der Waals surface area contributed by atoms with E-state index in [0.29, 0.717) is 60.1 Å². The van der Waals surface area contributed by atoms with Gasteiger partial charge in [0.25, 0.3) is 0 Å². The van der Waals surface area contributed by atoms with Gasteiger partial charge in [0, 0.05) is 31.5 Å². The van der Waals surface area contributed by atoms with Crippen LogP contribution >= 0.6 is 11.6 Å². The predicted octanol–water partition coefficient (Wildman–Crippen LogP) is 6.42. The maximum atomic E-state index is 14.1. The molecule has 1 fully saturated rings. The summed E-state index contributed by atoms with van der Waals surface area (Å²) in [4.78, 5) is 24.8. The maximum Gasteiger partial charge on any atom is 0.411 e. The van der Waals surface area contributed by atoms with Gasteiger partial charge in [0.15, 0.2) is 0 Å². The van der Waals surface area contributed by atoms with Gasteiger partial charge in [-0.1, -0.05) is 48.0 Å². The molecule has 1 aliphatic heterocycles. The Hall–Kier alpha value is -3.78. The van der Waals surface area contributed by atoms with Crippen LogP contribution in [0.3, 0.4) is 0 Å². The minimum absolute atomic E-state index is 0.298. The molecule has 35 heavy (non-hydrogen) atoms. The normalized spacial score (nSPS) is 13.8. The van der Waals surface area contributed by atoms with Crippen LogP contribution in [0.1, 0.15) is 18.4 Å². The van der Waals surface area contributed by atoms with E-state index < -0.39 is 24.1 Å². The molecule has 0 spiro atoms. The smallest absolute Gasteiger partial charge is 0.411 e. The van der Waals surface area contributed by atoms with Crippen molar-refractivity contribution in [1.82, 2.24) is 4.90 Å². The molecule has 1 heterocycles. The summed E-state index contributed by atoms with van der Waals surface area (Å²) in [6.07, 6.45) is -1.25. The molecule has 0 unspecified atom stereocenters. The number of piperidine rings is 1. The SMILES string of the molecule is O=C(Nc1ccc(F)cc1-c1ccc(OCc2ccccc2)c(Cl)c1)OC1CCN(C(=O)O)CC1. The fraction of sp³-hybridized carbons (Fsp3) is 0.231. The standard InChI is InChI=1S/C26H24ClFN2O5/c27-22-14-18(6-9-24(22)34-16-17-4-2-1-3-5-17)21-15-19(28)7-8-23(21)29-25(31)35-20-10-12-30(13-11-20)26(32)33/h1-9,14-15,20H,10-13,16H2,(H,29,31)(H,32,33). The number of halogens is 2. The Morgan fingerprint density at radius 1 is 1.06 bits per heavy atom. The van der Waals surface area contributed by atoms with Gasteiger partial charge >= 0.3 is 12.2 Å². The Labute approximate surface area is 207 Å². The Morgan fingerprint density at radius 2 is 1.80 bits per heavy atom. The molecule has 3 aromatic carbocycles. The molecule has 0 aliphatic carbocycles. The Bertz CT molecular complexity index is 1200. The predicted molar refractivity (Wildman–Crippen MR) is 130 cm³/mol. The van der Waals surface area contributed by atoms with Crippen molar-refractivity contribution >= 4 is 29.5 Å². The minimum Gasteiger partial charge on any atom is -0.487 e. The maximum absolute atomic E-state index is 14.1. The van der Waals surface area contributed by atoms with Crippen LogP contribution in [0.4, 0.5) is 19.7 Å². The van der Waals surface area contributed by atoms with E-state index in [9.17, 15) is 14.0 Å². The molecule has 0 aromatic heterocycles. The van der Waals surface area contributed by atoms with Crippen LogP contribution in [-0.4, -0.2) is 41.4 Å². The number of anilines is 1. The molecule has 7 nitrogen and oxygen atoms in total. The van der Waals surface area contributed by atoms with Gasteiger partial charge < -0.3 is 19.5 Å². The molecule has 0 radical (unpaired) electrons. The van der Waals surface area contributed by atoms with Crippen molar-refractivity contribution in [2.75, 3.05) is 18.4 Å². The van der Waals surface area contributed by atoms with Crippen molar-refractivity contribution in [2.45, 2.75) is 25.6 Å². The average Bonchev–Trinajstić information content (AvgIpc) is 2.85. The van der Waals surface area contributed by atoms with Crippen molar-refractivity contribution in [3.05, 3.63) is 83.1 Å². The molecule has 2 N–H and O–H groups in total. The molecular formula is C26H24ClFN2O5. The van der Waals surface area contributed by atoms with Crippen molar-refractivity contribution in [3.63, 3.8) is 0 Å². The highest BCUT2D eigenvalue weighted by Crippen LogP contribution is 2.35. The minimum atomic E-state index is -0.987. The topological polar surface area (TPSA) is 88.1 Å². The molecule has 1 saturated heterocycles. The van der Waals surface area contributed by atoms with Gasteiger partial charge in [0.1, 0.15) is 24.3 Å². The number of likely N-dealkylation sites (tertiary alicyclic amines) is 1. The lowest BCUT2D eigenvalue weighted by molar-refractivity contribution is 0.0583. The number of rotatable bonds is 6. The van der Waals surface area contributed by atoms with Crippen molar-refractivity contribution in [2.24, 2.45) is 0 Å². The number of nitrogens with one attached hydrogen (secondary N) is 1. The molecule has 1 aliphatic rings. The summed E-state index contributed by atoms with van der Waals surface area (Å²) in [5.74, 6) is 0.0118. The van der Waals surface area contributed by atoms with Crippen LogP contribution in [0.2, 0.25) is 5.02 Å². The van der Waals surface area contributed by atoms with E-state index in [-0.39, 0.29) is 0 Å². The largest absolute Gasteiger partial charge is 0.487 e. The Morgan fingerprint density at radius 3 is 2.49 bits per heavy atom. The third kappa shape index (κ3) is 6.42.